The number of rotatable bonds is 8. The third-order valence-electron chi connectivity index (χ3n) is 7.82. The summed E-state index contributed by atoms with van der Waals surface area (Å²) in [6, 6.07) is -6.56. The molecule has 3 saturated heterocycles. The standard InChI is InChI=1S/C25H34F6N4O6S/c1-23(2,3)18(34-22(39)25(29,30)31)21(38)35-14-5-6-15(24(27,28)11-14)17(35)20(37)33-13(10-16(26)42(4,40)41)9-12-7-8-32-19(12)36/h10,12-15,17-18H,5-9,11H2,1-4H3,(H,32,36)(H,33,37)(H,34,39)/b16-10-/t12-,13+,14+,15+,17-,18+/m0/s1. The summed E-state index contributed by atoms with van der Waals surface area (Å²) in [5, 5.41) is 4.81. The van der Waals surface area contributed by atoms with E-state index >= 15 is 8.78 Å². The number of carbonyl (C=O) groups excluding carboxylic acids is 4. The predicted molar refractivity (Wildman–Crippen MR) is 136 cm³/mol. The molecule has 10 nitrogen and oxygen atoms in total. The second kappa shape index (κ2) is 11.7. The van der Waals surface area contributed by atoms with E-state index in [0.29, 0.717) is 12.3 Å². The molecule has 0 aromatic rings. The van der Waals surface area contributed by atoms with E-state index in [2.05, 4.69) is 10.6 Å². The van der Waals surface area contributed by atoms with E-state index in [-0.39, 0.29) is 32.2 Å². The summed E-state index contributed by atoms with van der Waals surface area (Å²) in [7, 11) is -4.38. The first-order chi connectivity index (χ1) is 19.0. The van der Waals surface area contributed by atoms with Gasteiger partial charge in [0.25, 0.3) is 5.92 Å². The van der Waals surface area contributed by atoms with E-state index in [1.165, 1.54) is 20.8 Å². The zero-order chi connectivity index (χ0) is 32.0. The maximum Gasteiger partial charge on any atom is 0.471 e. The topological polar surface area (TPSA) is 142 Å². The minimum absolute atomic E-state index is 0.00808. The number of nitrogens with one attached hydrogen (secondary N) is 3. The maximum absolute atomic E-state index is 15.1. The van der Waals surface area contributed by atoms with Crippen LogP contribution in [0.15, 0.2) is 11.2 Å². The van der Waals surface area contributed by atoms with Crippen LogP contribution in [0.25, 0.3) is 0 Å². The molecule has 6 atom stereocenters. The lowest BCUT2D eigenvalue weighted by Gasteiger charge is -2.55. The van der Waals surface area contributed by atoms with Crippen LogP contribution in [-0.2, 0) is 29.0 Å². The van der Waals surface area contributed by atoms with E-state index in [1.54, 1.807) is 5.32 Å². The van der Waals surface area contributed by atoms with E-state index in [1.807, 2.05) is 0 Å². The first-order valence-electron chi connectivity index (χ1n) is 13.3. The van der Waals surface area contributed by atoms with Gasteiger partial charge >= 0.3 is 12.1 Å². The van der Waals surface area contributed by atoms with Crippen molar-refractivity contribution >= 4 is 33.5 Å². The molecule has 17 heteroatoms. The summed E-state index contributed by atoms with van der Waals surface area (Å²) in [4.78, 5) is 52.0. The molecule has 42 heavy (non-hydrogen) atoms. The number of nitrogens with zero attached hydrogens (tertiary/aromatic N) is 1. The molecule has 0 aromatic heterocycles. The molecule has 4 fully saturated rings. The summed E-state index contributed by atoms with van der Waals surface area (Å²) in [5.41, 5.74) is -1.35. The van der Waals surface area contributed by atoms with Crippen molar-refractivity contribution in [3.05, 3.63) is 11.2 Å². The zero-order valence-corrected chi connectivity index (χ0v) is 24.2. The Hall–Kier alpha value is -2.85. The Bertz CT molecular complexity index is 1250. The van der Waals surface area contributed by atoms with Gasteiger partial charge in [0.2, 0.25) is 32.7 Å². The number of hydrogen-bond donors (Lipinski definition) is 3. The number of amides is 4. The van der Waals surface area contributed by atoms with Crippen LogP contribution in [0.5, 0.6) is 0 Å². The highest BCUT2D eigenvalue weighted by molar-refractivity contribution is 7.94. The van der Waals surface area contributed by atoms with E-state index in [0.717, 1.165) is 4.90 Å². The predicted octanol–water partition coefficient (Wildman–Crippen LogP) is 1.96. The Morgan fingerprint density at radius 1 is 1.12 bits per heavy atom. The van der Waals surface area contributed by atoms with Crippen LogP contribution in [0, 0.1) is 17.3 Å². The fourth-order valence-electron chi connectivity index (χ4n) is 5.73. The molecule has 2 bridgehead atoms. The van der Waals surface area contributed by atoms with Crippen LogP contribution < -0.4 is 16.0 Å². The summed E-state index contributed by atoms with van der Waals surface area (Å²) >= 11 is 0. The third kappa shape index (κ3) is 7.37. The number of carbonyl (C=O) groups is 4. The molecule has 4 aliphatic rings. The van der Waals surface area contributed by atoms with Gasteiger partial charge in [-0.3, -0.25) is 19.2 Å². The summed E-state index contributed by atoms with van der Waals surface area (Å²) in [6.45, 7) is 4.31. The summed E-state index contributed by atoms with van der Waals surface area (Å²) < 4.78 is 107. The van der Waals surface area contributed by atoms with Gasteiger partial charge in [-0.2, -0.15) is 17.6 Å². The van der Waals surface area contributed by atoms with E-state index in [4.69, 9.17) is 0 Å². The SMILES string of the molecule is CC(C)(C)[C@H](NC(=O)C(F)(F)F)C(=O)N1[C@@H]2CC[C@H]([C@H]1C(=O)N[C@@H](/C=C(/F)S(C)(=O)=O)C[C@@H]1CCNC1=O)C(F)(F)C2. The molecule has 0 spiro atoms. The van der Waals surface area contributed by atoms with Crippen LogP contribution in [-0.4, -0.2) is 86.0 Å². The molecule has 1 saturated carbocycles. The lowest BCUT2D eigenvalue weighted by Crippen LogP contribution is -2.71. The van der Waals surface area contributed by atoms with Gasteiger partial charge in [0.15, 0.2) is 0 Å². The Kier molecular flexibility index (Phi) is 9.36. The van der Waals surface area contributed by atoms with Gasteiger partial charge in [-0.25, -0.2) is 17.2 Å². The van der Waals surface area contributed by atoms with Crippen LogP contribution >= 0.6 is 0 Å². The molecule has 3 aliphatic heterocycles. The average Bonchev–Trinajstić information content (AvgIpc) is 3.22. The van der Waals surface area contributed by atoms with Gasteiger partial charge in [-0.15, -0.1) is 0 Å². The van der Waals surface area contributed by atoms with Crippen molar-refractivity contribution < 1.29 is 53.9 Å². The minimum atomic E-state index is -5.36. The summed E-state index contributed by atoms with van der Waals surface area (Å²) in [5.74, 6) is -11.3. The van der Waals surface area contributed by atoms with Gasteiger partial charge in [0, 0.05) is 31.2 Å². The fourth-order valence-corrected chi connectivity index (χ4v) is 6.14. The normalized spacial score (nSPS) is 27.7. The van der Waals surface area contributed by atoms with Crippen molar-refractivity contribution in [1.82, 2.24) is 20.9 Å². The van der Waals surface area contributed by atoms with Gasteiger partial charge < -0.3 is 20.9 Å². The second-order valence-electron chi connectivity index (χ2n) is 12.1. The van der Waals surface area contributed by atoms with E-state index < -0.39 is 98.6 Å². The molecule has 238 valence electrons. The number of piperidine rings is 2. The molecular formula is C25H34F6N4O6S. The number of fused-ring (bicyclic) bond motifs is 3. The second-order valence-corrected chi connectivity index (χ2v) is 14.1. The van der Waals surface area contributed by atoms with Gasteiger partial charge in [0.1, 0.15) is 12.1 Å². The minimum Gasteiger partial charge on any atom is -0.356 e. The van der Waals surface area contributed by atoms with Crippen molar-refractivity contribution in [1.29, 1.82) is 0 Å². The van der Waals surface area contributed by atoms with Gasteiger partial charge in [-0.1, -0.05) is 20.8 Å². The van der Waals surface area contributed by atoms with Gasteiger partial charge in [0.05, 0.1) is 12.0 Å². The number of alkyl halides is 5. The molecule has 4 amide bonds. The molecule has 3 N–H and O–H groups in total. The van der Waals surface area contributed by atoms with Crippen LogP contribution in [0.2, 0.25) is 0 Å². The monoisotopic (exact) mass is 632 g/mol. The zero-order valence-electron chi connectivity index (χ0n) is 23.4. The molecule has 0 radical (unpaired) electrons. The van der Waals surface area contributed by atoms with Crippen molar-refractivity contribution in [2.45, 2.75) is 89.1 Å². The molecule has 0 aromatic carbocycles. The Morgan fingerprint density at radius 3 is 2.21 bits per heavy atom. The van der Waals surface area contributed by atoms with Crippen LogP contribution in [0.3, 0.4) is 0 Å². The lowest BCUT2D eigenvalue weighted by molar-refractivity contribution is -0.197. The molecule has 3 heterocycles. The number of halogens is 6. The molecule has 1 aliphatic carbocycles. The van der Waals surface area contributed by atoms with Gasteiger partial charge in [-0.05, 0) is 37.2 Å². The Labute approximate surface area is 238 Å². The van der Waals surface area contributed by atoms with Crippen molar-refractivity contribution in [2.24, 2.45) is 17.3 Å². The molecule has 0 unspecified atom stereocenters. The number of hydrogen-bond acceptors (Lipinski definition) is 6. The Morgan fingerprint density at radius 2 is 1.74 bits per heavy atom. The molecular weight excluding hydrogens is 598 g/mol. The maximum atomic E-state index is 15.1. The fraction of sp³-hybridized carbons (Fsp3) is 0.760. The summed E-state index contributed by atoms with van der Waals surface area (Å²) in [6.07, 6.45) is -5.38. The largest absolute Gasteiger partial charge is 0.471 e. The Balaban J connectivity index is 2.00. The van der Waals surface area contributed by atoms with E-state index in [9.17, 15) is 45.2 Å². The average molecular weight is 633 g/mol. The lowest BCUT2D eigenvalue weighted by atomic mass is 9.70. The third-order valence-corrected chi connectivity index (χ3v) is 8.66. The first-order valence-corrected chi connectivity index (χ1v) is 15.2. The van der Waals surface area contributed by atoms with Crippen molar-refractivity contribution in [3.8, 4) is 0 Å². The highest BCUT2D eigenvalue weighted by atomic mass is 32.2. The van der Waals surface area contributed by atoms with Crippen molar-refractivity contribution in [2.75, 3.05) is 12.8 Å². The highest BCUT2D eigenvalue weighted by Gasteiger charge is 2.61. The first kappa shape index (κ1) is 33.6. The number of sulfone groups is 1. The van der Waals surface area contributed by atoms with Crippen molar-refractivity contribution in [3.63, 3.8) is 0 Å². The quantitative estimate of drug-likeness (QED) is 0.350. The molecule has 4 rings (SSSR count). The van der Waals surface area contributed by atoms with Crippen LogP contribution in [0.4, 0.5) is 26.3 Å². The smallest absolute Gasteiger partial charge is 0.356 e. The highest BCUT2D eigenvalue weighted by Crippen LogP contribution is 2.49. The van der Waals surface area contributed by atoms with Crippen LogP contribution in [0.1, 0.15) is 52.9 Å².